The van der Waals surface area contributed by atoms with Gasteiger partial charge in [-0.05, 0) is 98.6 Å². The molecule has 0 amide bonds. The molecule has 2 heteroatoms. The maximum atomic E-state index is 6.92. The van der Waals surface area contributed by atoms with Crippen LogP contribution < -0.4 is 0 Å². The Kier molecular flexibility index (Phi) is 6.53. The van der Waals surface area contributed by atoms with Gasteiger partial charge in [-0.3, -0.25) is 0 Å². The lowest BCUT2D eigenvalue weighted by molar-refractivity contribution is 0.664. The van der Waals surface area contributed by atoms with E-state index in [4.69, 9.17) is 8.83 Å². The summed E-state index contributed by atoms with van der Waals surface area (Å²) in [6, 6.07) is 64.3. The molecule has 0 aliphatic heterocycles. The first-order valence-electron chi connectivity index (χ1n) is 17.0. The van der Waals surface area contributed by atoms with E-state index in [0.717, 1.165) is 88.4 Å². The molecule has 0 bridgehead atoms. The minimum atomic E-state index is 0.840. The second kappa shape index (κ2) is 11.5. The highest BCUT2D eigenvalue weighted by Crippen LogP contribution is 2.47. The minimum Gasteiger partial charge on any atom is -0.456 e. The molecule has 0 saturated carbocycles. The number of hydrogen-bond acceptors (Lipinski definition) is 2. The fourth-order valence-corrected chi connectivity index (χ4v) is 7.42. The van der Waals surface area contributed by atoms with Crippen molar-refractivity contribution in [2.45, 2.75) is 0 Å². The molecule has 0 spiro atoms. The quantitative estimate of drug-likeness (QED) is 0.187. The van der Waals surface area contributed by atoms with E-state index in [0.29, 0.717) is 0 Å². The Morgan fingerprint density at radius 3 is 1.18 bits per heavy atom. The summed E-state index contributed by atoms with van der Waals surface area (Å²) >= 11 is 0. The molecule has 0 unspecified atom stereocenters. The van der Waals surface area contributed by atoms with Crippen LogP contribution in [0.25, 0.3) is 99.5 Å². The standard InChI is InChI=1S/C48H30O2/c1-5-13-31(14-6-1)35-21-23-43-41(28-35)46-45(49-43)30-40(48-47(46)42-29-36(22-24-44(42)50-48)32-15-7-2-8-16-32)39-26-37(33-17-9-3-10-18-33)25-38(27-39)34-19-11-4-12-20-34/h1-30H. The summed E-state index contributed by atoms with van der Waals surface area (Å²) in [5.41, 5.74) is 14.7. The lowest BCUT2D eigenvalue weighted by Gasteiger charge is -2.12. The molecule has 2 aromatic heterocycles. The number of fused-ring (bicyclic) bond motifs is 7. The van der Waals surface area contributed by atoms with Gasteiger partial charge in [0.15, 0.2) is 0 Å². The Morgan fingerprint density at radius 1 is 0.260 bits per heavy atom. The van der Waals surface area contributed by atoms with E-state index < -0.39 is 0 Å². The van der Waals surface area contributed by atoms with Gasteiger partial charge in [0.05, 0.1) is 0 Å². The van der Waals surface area contributed by atoms with Crippen molar-refractivity contribution in [2.75, 3.05) is 0 Å². The molecule has 0 atom stereocenters. The zero-order chi connectivity index (χ0) is 33.0. The van der Waals surface area contributed by atoms with Gasteiger partial charge >= 0.3 is 0 Å². The molecule has 0 radical (unpaired) electrons. The molecule has 8 aromatic carbocycles. The van der Waals surface area contributed by atoms with Gasteiger partial charge in [0.1, 0.15) is 22.3 Å². The first kappa shape index (κ1) is 28.4. The molecular weight excluding hydrogens is 609 g/mol. The molecule has 0 aliphatic rings. The molecule has 0 fully saturated rings. The maximum absolute atomic E-state index is 6.92. The molecule has 10 rings (SSSR count). The van der Waals surface area contributed by atoms with Crippen LogP contribution in [0.5, 0.6) is 0 Å². The monoisotopic (exact) mass is 638 g/mol. The van der Waals surface area contributed by atoms with E-state index in [9.17, 15) is 0 Å². The number of rotatable bonds is 5. The summed E-state index contributed by atoms with van der Waals surface area (Å²) in [7, 11) is 0. The molecule has 0 N–H and O–H groups in total. The van der Waals surface area contributed by atoms with Crippen LogP contribution >= 0.6 is 0 Å². The second-order valence-corrected chi connectivity index (χ2v) is 12.9. The average Bonchev–Trinajstić information content (AvgIpc) is 3.76. The van der Waals surface area contributed by atoms with Crippen molar-refractivity contribution in [1.82, 2.24) is 0 Å². The predicted octanol–water partition coefficient (Wildman–Crippen LogP) is 13.8. The highest BCUT2D eigenvalue weighted by Gasteiger charge is 2.22. The van der Waals surface area contributed by atoms with Crippen LogP contribution in [0.2, 0.25) is 0 Å². The van der Waals surface area contributed by atoms with E-state index >= 15 is 0 Å². The SMILES string of the molecule is c1ccc(-c2cc(-c3ccccc3)cc(-c3cc4oc5ccc(-c6ccccc6)cc5c4c4c3oc3ccc(-c5ccccc5)cc34)c2)cc1. The highest BCUT2D eigenvalue weighted by molar-refractivity contribution is 6.29. The molecular formula is C48H30O2. The summed E-state index contributed by atoms with van der Waals surface area (Å²) < 4.78 is 13.7. The van der Waals surface area contributed by atoms with Gasteiger partial charge in [-0.2, -0.15) is 0 Å². The third-order valence-electron chi connectivity index (χ3n) is 9.85. The second-order valence-electron chi connectivity index (χ2n) is 12.9. The van der Waals surface area contributed by atoms with Crippen LogP contribution in [0, 0.1) is 0 Å². The van der Waals surface area contributed by atoms with Crippen molar-refractivity contribution in [3.8, 4) is 55.6 Å². The summed E-state index contributed by atoms with van der Waals surface area (Å²) in [5.74, 6) is 0. The summed E-state index contributed by atoms with van der Waals surface area (Å²) in [6.45, 7) is 0. The summed E-state index contributed by atoms with van der Waals surface area (Å²) in [4.78, 5) is 0. The smallest absolute Gasteiger partial charge is 0.144 e. The van der Waals surface area contributed by atoms with Crippen LogP contribution in [0.1, 0.15) is 0 Å². The van der Waals surface area contributed by atoms with Crippen LogP contribution in [-0.2, 0) is 0 Å². The lowest BCUT2D eigenvalue weighted by Crippen LogP contribution is -1.87. The Morgan fingerprint density at radius 2 is 0.680 bits per heavy atom. The Labute approximate surface area is 289 Å². The van der Waals surface area contributed by atoms with E-state index in [2.05, 4.69) is 182 Å². The molecule has 234 valence electrons. The van der Waals surface area contributed by atoms with Gasteiger partial charge in [-0.25, -0.2) is 0 Å². The van der Waals surface area contributed by atoms with Crippen molar-refractivity contribution in [1.29, 1.82) is 0 Å². The third-order valence-corrected chi connectivity index (χ3v) is 9.85. The van der Waals surface area contributed by atoms with Crippen LogP contribution in [0.4, 0.5) is 0 Å². The van der Waals surface area contributed by atoms with Crippen molar-refractivity contribution in [3.05, 3.63) is 182 Å². The van der Waals surface area contributed by atoms with Crippen molar-refractivity contribution >= 4 is 43.9 Å². The fraction of sp³-hybridized carbons (Fsp3) is 0. The number of furan rings is 2. The van der Waals surface area contributed by atoms with Crippen molar-refractivity contribution < 1.29 is 8.83 Å². The maximum Gasteiger partial charge on any atom is 0.144 e. The topological polar surface area (TPSA) is 26.3 Å². The molecule has 0 aliphatic carbocycles. The Balaban J connectivity index is 1.31. The number of hydrogen-bond donors (Lipinski definition) is 0. The lowest BCUT2D eigenvalue weighted by atomic mass is 9.91. The fourth-order valence-electron chi connectivity index (χ4n) is 7.42. The Bertz CT molecular complexity index is 2770. The van der Waals surface area contributed by atoms with E-state index in [-0.39, 0.29) is 0 Å². The van der Waals surface area contributed by atoms with Crippen LogP contribution in [0.3, 0.4) is 0 Å². The zero-order valence-electron chi connectivity index (χ0n) is 27.1. The molecule has 50 heavy (non-hydrogen) atoms. The molecule has 10 aromatic rings. The van der Waals surface area contributed by atoms with Gasteiger partial charge in [0, 0.05) is 27.1 Å². The van der Waals surface area contributed by atoms with E-state index in [1.165, 1.54) is 11.1 Å². The van der Waals surface area contributed by atoms with Crippen molar-refractivity contribution in [2.24, 2.45) is 0 Å². The van der Waals surface area contributed by atoms with Crippen molar-refractivity contribution in [3.63, 3.8) is 0 Å². The first-order valence-corrected chi connectivity index (χ1v) is 17.0. The molecule has 0 saturated heterocycles. The molecule has 2 nitrogen and oxygen atoms in total. The molecule has 2 heterocycles. The summed E-state index contributed by atoms with van der Waals surface area (Å²) in [5, 5.41) is 4.29. The van der Waals surface area contributed by atoms with E-state index in [1.807, 2.05) is 0 Å². The summed E-state index contributed by atoms with van der Waals surface area (Å²) in [6.07, 6.45) is 0. The van der Waals surface area contributed by atoms with Gasteiger partial charge in [0.2, 0.25) is 0 Å². The van der Waals surface area contributed by atoms with Gasteiger partial charge in [-0.1, -0.05) is 133 Å². The predicted molar refractivity (Wildman–Crippen MR) is 208 cm³/mol. The normalized spacial score (nSPS) is 11.6. The largest absolute Gasteiger partial charge is 0.456 e. The highest BCUT2D eigenvalue weighted by atomic mass is 16.3. The van der Waals surface area contributed by atoms with Crippen LogP contribution in [-0.4, -0.2) is 0 Å². The number of benzene rings is 8. The van der Waals surface area contributed by atoms with Gasteiger partial charge in [-0.15, -0.1) is 0 Å². The Hall–Kier alpha value is -6.64. The van der Waals surface area contributed by atoms with Gasteiger partial charge < -0.3 is 8.83 Å². The van der Waals surface area contributed by atoms with Gasteiger partial charge in [0.25, 0.3) is 0 Å². The average molecular weight is 639 g/mol. The minimum absolute atomic E-state index is 0.840. The third kappa shape index (κ3) is 4.73. The van der Waals surface area contributed by atoms with E-state index in [1.54, 1.807) is 0 Å². The van der Waals surface area contributed by atoms with Crippen LogP contribution in [0.15, 0.2) is 191 Å². The zero-order valence-corrected chi connectivity index (χ0v) is 27.1. The first-order chi connectivity index (χ1) is 24.8.